The zero-order valence-corrected chi connectivity index (χ0v) is 15.7. The first-order valence-electron chi connectivity index (χ1n) is 8.78. The van der Waals surface area contributed by atoms with Gasteiger partial charge in [-0.15, -0.1) is 0 Å². The molecule has 6 heteroatoms. The fraction of sp³-hybridized carbons (Fsp3) is 0.0455. The van der Waals surface area contributed by atoms with Gasteiger partial charge in [0.25, 0.3) is 5.91 Å². The van der Waals surface area contributed by atoms with E-state index in [0.29, 0.717) is 17.1 Å². The van der Waals surface area contributed by atoms with Crippen LogP contribution in [-0.4, -0.2) is 20.7 Å². The third-order valence-electron chi connectivity index (χ3n) is 4.29. The molecule has 28 heavy (non-hydrogen) atoms. The van der Waals surface area contributed by atoms with E-state index in [0.717, 1.165) is 22.5 Å². The van der Waals surface area contributed by atoms with Gasteiger partial charge in [-0.05, 0) is 42.0 Å². The number of nitrogens with zero attached hydrogens (tertiary/aromatic N) is 3. The largest absolute Gasteiger partial charge is 0.348 e. The molecular formula is C22H17ClN4O. The Labute approximate surface area is 167 Å². The van der Waals surface area contributed by atoms with Crippen molar-refractivity contribution in [3.8, 4) is 16.9 Å². The zero-order valence-electron chi connectivity index (χ0n) is 14.9. The van der Waals surface area contributed by atoms with Gasteiger partial charge in [0.1, 0.15) is 0 Å². The average molecular weight is 389 g/mol. The van der Waals surface area contributed by atoms with Crippen molar-refractivity contribution < 1.29 is 4.79 Å². The lowest BCUT2D eigenvalue weighted by Gasteiger charge is -2.05. The number of carbonyl (C=O) groups is 1. The summed E-state index contributed by atoms with van der Waals surface area (Å²) in [5.41, 5.74) is 4.10. The van der Waals surface area contributed by atoms with Crippen molar-refractivity contribution >= 4 is 17.5 Å². The van der Waals surface area contributed by atoms with Crippen LogP contribution in [0, 0.1) is 0 Å². The predicted octanol–water partition coefficient (Wildman–Crippen LogP) is 4.52. The number of halogens is 1. The van der Waals surface area contributed by atoms with Gasteiger partial charge in [0.15, 0.2) is 0 Å². The molecule has 0 atom stereocenters. The van der Waals surface area contributed by atoms with Crippen molar-refractivity contribution in [3.63, 3.8) is 0 Å². The van der Waals surface area contributed by atoms with Crippen LogP contribution in [0.25, 0.3) is 16.9 Å². The summed E-state index contributed by atoms with van der Waals surface area (Å²) in [5, 5.41) is 7.95. The summed E-state index contributed by atoms with van der Waals surface area (Å²) in [7, 11) is 0. The fourth-order valence-electron chi connectivity index (χ4n) is 2.77. The molecule has 2 aromatic carbocycles. The molecule has 0 spiro atoms. The molecule has 0 unspecified atom stereocenters. The summed E-state index contributed by atoms with van der Waals surface area (Å²) in [5.74, 6) is -0.153. The average Bonchev–Trinajstić information content (AvgIpc) is 3.24. The Morgan fingerprint density at radius 2 is 1.75 bits per heavy atom. The van der Waals surface area contributed by atoms with Crippen molar-refractivity contribution in [1.82, 2.24) is 20.1 Å². The quantitative estimate of drug-likeness (QED) is 0.547. The molecule has 5 nitrogen and oxygen atoms in total. The zero-order chi connectivity index (χ0) is 19.3. The second kappa shape index (κ2) is 8.06. The number of amides is 1. The van der Waals surface area contributed by atoms with Gasteiger partial charge in [-0.1, -0.05) is 41.9 Å². The first kappa shape index (κ1) is 17.9. The maximum Gasteiger partial charge on any atom is 0.253 e. The van der Waals surface area contributed by atoms with Crippen LogP contribution < -0.4 is 5.32 Å². The topological polar surface area (TPSA) is 59.8 Å². The van der Waals surface area contributed by atoms with Gasteiger partial charge < -0.3 is 5.32 Å². The molecule has 0 aliphatic rings. The van der Waals surface area contributed by atoms with E-state index in [-0.39, 0.29) is 5.91 Å². The van der Waals surface area contributed by atoms with Gasteiger partial charge >= 0.3 is 0 Å². The second-order valence-electron chi connectivity index (χ2n) is 6.25. The molecule has 0 saturated heterocycles. The first-order valence-corrected chi connectivity index (χ1v) is 9.16. The van der Waals surface area contributed by atoms with Crippen LogP contribution >= 0.6 is 11.6 Å². The summed E-state index contributed by atoms with van der Waals surface area (Å²) in [6, 6.07) is 20.8. The summed E-state index contributed by atoms with van der Waals surface area (Å²) < 4.78 is 1.76. The Kier molecular flexibility index (Phi) is 5.17. The summed E-state index contributed by atoms with van der Waals surface area (Å²) >= 11 is 5.93. The number of nitrogens with one attached hydrogen (secondary N) is 1. The molecule has 138 valence electrons. The monoisotopic (exact) mass is 388 g/mol. The van der Waals surface area contributed by atoms with Crippen molar-refractivity contribution in [2.24, 2.45) is 0 Å². The van der Waals surface area contributed by atoms with Gasteiger partial charge in [-0.3, -0.25) is 9.78 Å². The van der Waals surface area contributed by atoms with Gasteiger partial charge in [-0.2, -0.15) is 5.10 Å². The molecule has 0 saturated carbocycles. The molecule has 1 amide bonds. The molecule has 0 aliphatic carbocycles. The second-order valence-corrected chi connectivity index (χ2v) is 6.69. The van der Waals surface area contributed by atoms with E-state index in [1.807, 2.05) is 66.9 Å². The Morgan fingerprint density at radius 1 is 0.964 bits per heavy atom. The van der Waals surface area contributed by atoms with E-state index in [1.54, 1.807) is 23.1 Å². The van der Waals surface area contributed by atoms with Crippen molar-refractivity contribution in [2.75, 3.05) is 0 Å². The Balaban J connectivity index is 1.44. The highest BCUT2D eigenvalue weighted by atomic mass is 35.5. The Bertz CT molecular complexity index is 1070. The van der Waals surface area contributed by atoms with E-state index in [9.17, 15) is 4.79 Å². The van der Waals surface area contributed by atoms with Crippen molar-refractivity contribution in [3.05, 3.63) is 101 Å². The van der Waals surface area contributed by atoms with Gasteiger partial charge in [-0.25, -0.2) is 4.68 Å². The number of benzene rings is 2. The maximum atomic E-state index is 12.3. The number of rotatable bonds is 5. The molecule has 1 N–H and O–H groups in total. The fourth-order valence-corrected chi connectivity index (χ4v) is 2.90. The first-order chi connectivity index (χ1) is 13.7. The Hall–Kier alpha value is -3.44. The van der Waals surface area contributed by atoms with E-state index in [4.69, 9.17) is 11.6 Å². The molecule has 4 aromatic rings. The summed E-state index contributed by atoms with van der Waals surface area (Å²) in [6.07, 6.45) is 5.21. The highest BCUT2D eigenvalue weighted by molar-refractivity contribution is 6.30. The third kappa shape index (κ3) is 4.10. The molecular weight excluding hydrogens is 372 g/mol. The molecule has 0 bridgehead atoms. The van der Waals surface area contributed by atoms with Crippen LogP contribution in [0.1, 0.15) is 15.9 Å². The molecule has 4 rings (SSSR count). The highest BCUT2D eigenvalue weighted by Crippen LogP contribution is 2.19. The van der Waals surface area contributed by atoms with Crippen LogP contribution in [-0.2, 0) is 6.54 Å². The molecule has 0 aliphatic heterocycles. The maximum absolute atomic E-state index is 12.3. The lowest BCUT2D eigenvalue weighted by molar-refractivity contribution is 0.0950. The van der Waals surface area contributed by atoms with Crippen molar-refractivity contribution in [1.29, 1.82) is 0 Å². The standard InChI is InChI=1S/C22H17ClN4O/c23-19-7-9-20(10-8-19)27-15-18(14-26-27)21-11-6-17(13-24-21)22(28)25-12-16-4-2-1-3-5-16/h1-11,13-15H,12H2,(H,25,28). The van der Waals surface area contributed by atoms with Crippen LogP contribution in [0.4, 0.5) is 0 Å². The van der Waals surface area contributed by atoms with E-state index >= 15 is 0 Å². The minimum Gasteiger partial charge on any atom is -0.348 e. The van der Waals surface area contributed by atoms with Gasteiger partial charge in [0.2, 0.25) is 0 Å². The number of carbonyl (C=O) groups excluding carboxylic acids is 1. The number of aromatic nitrogens is 3. The van der Waals surface area contributed by atoms with Crippen LogP contribution in [0.15, 0.2) is 85.3 Å². The Morgan fingerprint density at radius 3 is 2.46 bits per heavy atom. The summed E-state index contributed by atoms with van der Waals surface area (Å²) in [6.45, 7) is 0.481. The van der Waals surface area contributed by atoms with Gasteiger partial charge in [0.05, 0.1) is 23.1 Å². The highest BCUT2D eigenvalue weighted by Gasteiger charge is 2.09. The number of hydrogen-bond acceptors (Lipinski definition) is 3. The lowest BCUT2D eigenvalue weighted by Crippen LogP contribution is -2.22. The normalized spacial score (nSPS) is 10.6. The minimum absolute atomic E-state index is 0.153. The lowest BCUT2D eigenvalue weighted by atomic mass is 10.2. The summed E-state index contributed by atoms with van der Waals surface area (Å²) in [4.78, 5) is 16.7. The number of pyridine rings is 1. The van der Waals surface area contributed by atoms with Gasteiger partial charge in [0, 0.05) is 29.5 Å². The molecule has 0 fully saturated rings. The molecule has 0 radical (unpaired) electrons. The van der Waals surface area contributed by atoms with Crippen LogP contribution in [0.5, 0.6) is 0 Å². The van der Waals surface area contributed by atoms with E-state index in [1.165, 1.54) is 0 Å². The van der Waals surface area contributed by atoms with Crippen LogP contribution in [0.3, 0.4) is 0 Å². The SMILES string of the molecule is O=C(NCc1ccccc1)c1ccc(-c2cnn(-c3ccc(Cl)cc3)c2)nc1. The van der Waals surface area contributed by atoms with Crippen LogP contribution in [0.2, 0.25) is 5.02 Å². The predicted molar refractivity (Wildman–Crippen MR) is 109 cm³/mol. The van der Waals surface area contributed by atoms with E-state index in [2.05, 4.69) is 15.4 Å². The molecule has 2 heterocycles. The van der Waals surface area contributed by atoms with E-state index < -0.39 is 0 Å². The van der Waals surface area contributed by atoms with Crippen molar-refractivity contribution in [2.45, 2.75) is 6.54 Å². The number of hydrogen-bond donors (Lipinski definition) is 1. The smallest absolute Gasteiger partial charge is 0.253 e. The third-order valence-corrected chi connectivity index (χ3v) is 4.54. The molecule has 2 aromatic heterocycles. The minimum atomic E-state index is -0.153.